The van der Waals surface area contributed by atoms with Gasteiger partial charge < -0.3 is 24.2 Å². The molecule has 0 bridgehead atoms. The fraction of sp³-hybridized carbons (Fsp3) is 0.429. The molecule has 2 aliphatic heterocycles. The first-order valence-corrected chi connectivity index (χ1v) is 12.4. The van der Waals surface area contributed by atoms with E-state index in [9.17, 15) is 14.7 Å². The first-order valence-electron chi connectivity index (χ1n) is 12.4. The third-order valence-corrected chi connectivity index (χ3v) is 6.71. The van der Waals surface area contributed by atoms with Crippen molar-refractivity contribution < 1.29 is 28.9 Å². The number of ketones is 1. The summed E-state index contributed by atoms with van der Waals surface area (Å²) in [6.45, 7) is 8.62. The fourth-order valence-corrected chi connectivity index (χ4v) is 4.83. The van der Waals surface area contributed by atoms with Gasteiger partial charge in [-0.25, -0.2) is 0 Å². The average molecular weight is 495 g/mol. The number of methoxy groups -OCH3 is 1. The maximum Gasteiger partial charge on any atom is 0.295 e. The predicted molar refractivity (Wildman–Crippen MR) is 136 cm³/mol. The van der Waals surface area contributed by atoms with Crippen molar-refractivity contribution in [3.8, 4) is 11.5 Å². The maximum absolute atomic E-state index is 13.3. The SMILES string of the molecule is CCOc1ccc([C@H]2/C(=C(\O)c3ccc(OC)cc3C)C(=O)C(=O)N2CCCN2CCOCC2)cc1. The van der Waals surface area contributed by atoms with Crippen molar-refractivity contribution >= 4 is 17.4 Å². The zero-order valence-corrected chi connectivity index (χ0v) is 21.2. The molecule has 0 spiro atoms. The van der Waals surface area contributed by atoms with Gasteiger partial charge in [-0.05, 0) is 61.7 Å². The lowest BCUT2D eigenvalue weighted by Crippen LogP contribution is -2.38. The minimum atomic E-state index is -0.688. The summed E-state index contributed by atoms with van der Waals surface area (Å²) in [4.78, 5) is 30.4. The van der Waals surface area contributed by atoms with Crippen LogP contribution in [-0.2, 0) is 14.3 Å². The van der Waals surface area contributed by atoms with Crippen LogP contribution in [0.25, 0.3) is 5.76 Å². The van der Waals surface area contributed by atoms with E-state index in [0.29, 0.717) is 49.8 Å². The zero-order chi connectivity index (χ0) is 25.7. The van der Waals surface area contributed by atoms with Gasteiger partial charge in [0.2, 0.25) is 0 Å². The summed E-state index contributed by atoms with van der Waals surface area (Å²) < 4.78 is 16.3. The number of ether oxygens (including phenoxy) is 3. The van der Waals surface area contributed by atoms with Crippen molar-refractivity contribution in [1.82, 2.24) is 9.80 Å². The summed E-state index contributed by atoms with van der Waals surface area (Å²) in [5.41, 5.74) is 2.09. The summed E-state index contributed by atoms with van der Waals surface area (Å²) >= 11 is 0. The Morgan fingerprint density at radius 2 is 1.75 bits per heavy atom. The fourth-order valence-electron chi connectivity index (χ4n) is 4.83. The number of carbonyl (C=O) groups excluding carboxylic acids is 2. The Balaban J connectivity index is 1.69. The normalized spacial score (nSPS) is 20.1. The summed E-state index contributed by atoms with van der Waals surface area (Å²) in [6, 6.07) is 11.9. The molecule has 0 radical (unpaired) electrons. The molecular weight excluding hydrogens is 460 g/mol. The van der Waals surface area contributed by atoms with Crippen molar-refractivity contribution in [3.05, 3.63) is 64.7 Å². The number of benzene rings is 2. The lowest BCUT2D eigenvalue weighted by Gasteiger charge is -2.29. The molecular formula is C28H34N2O6. The molecule has 36 heavy (non-hydrogen) atoms. The Kier molecular flexibility index (Phi) is 8.28. The van der Waals surface area contributed by atoms with Crippen molar-refractivity contribution in [1.29, 1.82) is 0 Å². The first kappa shape index (κ1) is 25.7. The van der Waals surface area contributed by atoms with Gasteiger partial charge in [-0.2, -0.15) is 0 Å². The highest BCUT2D eigenvalue weighted by Gasteiger charge is 2.46. The minimum Gasteiger partial charge on any atom is -0.507 e. The molecule has 2 fully saturated rings. The Labute approximate surface area is 212 Å². The van der Waals surface area contributed by atoms with Crippen LogP contribution in [0, 0.1) is 6.92 Å². The van der Waals surface area contributed by atoms with E-state index in [0.717, 1.165) is 30.8 Å². The number of aliphatic hydroxyl groups excluding tert-OH is 1. The van der Waals surface area contributed by atoms with Gasteiger partial charge >= 0.3 is 0 Å². The molecule has 2 saturated heterocycles. The highest BCUT2D eigenvalue weighted by molar-refractivity contribution is 6.46. The number of hydrogen-bond acceptors (Lipinski definition) is 7. The number of likely N-dealkylation sites (tertiary alicyclic amines) is 1. The van der Waals surface area contributed by atoms with Crippen LogP contribution >= 0.6 is 0 Å². The van der Waals surface area contributed by atoms with Gasteiger partial charge in [-0.15, -0.1) is 0 Å². The Morgan fingerprint density at radius 3 is 2.39 bits per heavy atom. The van der Waals surface area contributed by atoms with Gasteiger partial charge in [0.05, 0.1) is 38.5 Å². The Hall–Kier alpha value is -3.36. The summed E-state index contributed by atoms with van der Waals surface area (Å²) in [5, 5.41) is 11.4. The van der Waals surface area contributed by atoms with Crippen molar-refractivity contribution in [3.63, 3.8) is 0 Å². The van der Waals surface area contributed by atoms with Crippen LogP contribution in [0.3, 0.4) is 0 Å². The quantitative estimate of drug-likeness (QED) is 0.324. The van der Waals surface area contributed by atoms with Crippen molar-refractivity contribution in [2.45, 2.75) is 26.3 Å². The molecule has 0 unspecified atom stereocenters. The molecule has 1 atom stereocenters. The van der Waals surface area contributed by atoms with Crippen LogP contribution in [0.15, 0.2) is 48.0 Å². The summed E-state index contributed by atoms with van der Waals surface area (Å²) in [6.07, 6.45) is 0.710. The topological polar surface area (TPSA) is 88.5 Å². The number of aryl methyl sites for hydroxylation is 1. The third-order valence-electron chi connectivity index (χ3n) is 6.71. The maximum atomic E-state index is 13.3. The molecule has 4 rings (SSSR count). The van der Waals surface area contributed by atoms with E-state index in [-0.39, 0.29) is 11.3 Å². The number of nitrogens with zero attached hydrogens (tertiary/aromatic N) is 2. The van der Waals surface area contributed by atoms with E-state index in [1.165, 1.54) is 0 Å². The molecule has 1 N–H and O–H groups in total. The summed E-state index contributed by atoms with van der Waals surface area (Å²) in [7, 11) is 1.57. The highest BCUT2D eigenvalue weighted by atomic mass is 16.5. The first-order chi connectivity index (χ1) is 17.4. The Morgan fingerprint density at radius 1 is 1.06 bits per heavy atom. The zero-order valence-electron chi connectivity index (χ0n) is 21.2. The van der Waals surface area contributed by atoms with Crippen molar-refractivity contribution in [2.24, 2.45) is 0 Å². The number of rotatable bonds is 9. The van der Waals surface area contributed by atoms with E-state index in [4.69, 9.17) is 14.2 Å². The molecule has 1 amide bonds. The molecule has 2 aromatic rings. The van der Waals surface area contributed by atoms with Crippen LogP contribution in [0.2, 0.25) is 0 Å². The van der Waals surface area contributed by atoms with E-state index < -0.39 is 17.7 Å². The minimum absolute atomic E-state index is 0.101. The third kappa shape index (κ3) is 5.39. The second kappa shape index (κ2) is 11.6. The molecule has 8 heteroatoms. The molecule has 2 heterocycles. The largest absolute Gasteiger partial charge is 0.507 e. The molecule has 0 saturated carbocycles. The molecule has 192 valence electrons. The second-order valence-electron chi connectivity index (χ2n) is 8.98. The number of morpholine rings is 1. The van der Waals surface area contributed by atoms with E-state index in [1.54, 1.807) is 30.2 Å². The van der Waals surface area contributed by atoms with Gasteiger partial charge in [0.1, 0.15) is 17.3 Å². The van der Waals surface area contributed by atoms with Crippen LogP contribution in [-0.4, -0.2) is 79.7 Å². The summed E-state index contributed by atoms with van der Waals surface area (Å²) in [5.74, 6) is -0.0909. The highest BCUT2D eigenvalue weighted by Crippen LogP contribution is 2.40. The standard InChI is InChI=1S/C28H34N2O6/c1-4-36-21-8-6-20(7-9-21)25-24(26(31)23-11-10-22(34-3)18-19(23)2)27(32)28(33)30(25)13-5-12-29-14-16-35-17-15-29/h6-11,18,25,31H,4-5,12-17H2,1-3H3/b26-24+/t25-/m0/s1. The van der Waals surface area contributed by atoms with E-state index in [1.807, 2.05) is 38.1 Å². The molecule has 2 aliphatic rings. The van der Waals surface area contributed by atoms with Gasteiger partial charge in [0.15, 0.2) is 0 Å². The van der Waals surface area contributed by atoms with Gasteiger partial charge in [-0.1, -0.05) is 12.1 Å². The number of amides is 1. The second-order valence-corrected chi connectivity index (χ2v) is 8.98. The van der Waals surface area contributed by atoms with E-state index in [2.05, 4.69) is 4.90 Å². The lowest BCUT2D eigenvalue weighted by atomic mass is 9.93. The van der Waals surface area contributed by atoms with Crippen LogP contribution < -0.4 is 9.47 Å². The van der Waals surface area contributed by atoms with Crippen LogP contribution in [0.4, 0.5) is 0 Å². The average Bonchev–Trinajstić information content (AvgIpc) is 3.14. The number of aliphatic hydroxyl groups is 1. The van der Waals surface area contributed by atoms with Gasteiger partial charge in [0, 0.05) is 31.7 Å². The number of Topliss-reactive ketones (excluding diaryl/α,β-unsaturated/α-hetero) is 1. The lowest BCUT2D eigenvalue weighted by molar-refractivity contribution is -0.140. The molecule has 2 aromatic carbocycles. The molecule has 8 nitrogen and oxygen atoms in total. The van der Waals surface area contributed by atoms with Crippen LogP contribution in [0.5, 0.6) is 11.5 Å². The molecule has 0 aromatic heterocycles. The van der Waals surface area contributed by atoms with E-state index >= 15 is 0 Å². The van der Waals surface area contributed by atoms with Crippen molar-refractivity contribution in [2.75, 3.05) is 53.1 Å². The Bertz CT molecular complexity index is 1120. The van der Waals surface area contributed by atoms with Crippen LogP contribution in [0.1, 0.15) is 36.1 Å². The molecule has 0 aliphatic carbocycles. The van der Waals surface area contributed by atoms with Gasteiger partial charge in [-0.3, -0.25) is 14.5 Å². The van der Waals surface area contributed by atoms with Gasteiger partial charge in [0.25, 0.3) is 11.7 Å². The smallest absolute Gasteiger partial charge is 0.295 e. The number of hydrogen-bond donors (Lipinski definition) is 1. The number of carbonyl (C=O) groups is 2. The predicted octanol–water partition coefficient (Wildman–Crippen LogP) is 3.55. The monoisotopic (exact) mass is 494 g/mol.